The van der Waals surface area contributed by atoms with E-state index in [0.717, 1.165) is 0 Å². The summed E-state index contributed by atoms with van der Waals surface area (Å²) in [5, 5.41) is 0.564. The quantitative estimate of drug-likeness (QED) is 0.844. The van der Waals surface area contributed by atoms with Gasteiger partial charge in [0.2, 0.25) is 0 Å². The lowest BCUT2D eigenvalue weighted by atomic mass is 10.2. The monoisotopic (exact) mass is 229 g/mol. The van der Waals surface area contributed by atoms with Crippen LogP contribution in [0.3, 0.4) is 0 Å². The number of aryl methyl sites for hydroxylation is 1. The summed E-state index contributed by atoms with van der Waals surface area (Å²) in [5.41, 5.74) is 6.08. The van der Waals surface area contributed by atoms with Crippen LogP contribution >= 0.6 is 11.6 Å². The number of hydrogen-bond donors (Lipinski definition) is 1. The summed E-state index contributed by atoms with van der Waals surface area (Å²) in [4.78, 5) is 13.6. The number of halogens is 1. The highest BCUT2D eigenvalue weighted by molar-refractivity contribution is 6.31. The summed E-state index contributed by atoms with van der Waals surface area (Å²) >= 11 is 5.81. The Morgan fingerprint density at radius 3 is 2.73 bits per heavy atom. The smallest absolute Gasteiger partial charge is 0.270 e. The first-order valence-electron chi connectivity index (χ1n) is 4.76. The van der Waals surface area contributed by atoms with Crippen molar-refractivity contribution < 1.29 is 4.79 Å². The van der Waals surface area contributed by atoms with Crippen molar-refractivity contribution in [2.24, 2.45) is 12.8 Å². The molecule has 1 aromatic rings. The molecule has 2 N–H and O–H groups in total. The minimum absolute atomic E-state index is 0.0196. The van der Waals surface area contributed by atoms with E-state index in [0.29, 0.717) is 17.3 Å². The van der Waals surface area contributed by atoms with Gasteiger partial charge >= 0.3 is 0 Å². The maximum atomic E-state index is 12.0. The van der Waals surface area contributed by atoms with Crippen molar-refractivity contribution in [1.82, 2.24) is 9.47 Å². The fourth-order valence-electron chi connectivity index (χ4n) is 1.28. The highest BCUT2D eigenvalue weighted by atomic mass is 35.5. The molecule has 0 spiro atoms. The lowest BCUT2D eigenvalue weighted by molar-refractivity contribution is 0.0739. The van der Waals surface area contributed by atoms with E-state index in [4.69, 9.17) is 17.3 Å². The Hall–Kier alpha value is -1.00. The van der Waals surface area contributed by atoms with Crippen molar-refractivity contribution in [2.75, 3.05) is 13.6 Å². The molecule has 84 valence electrons. The van der Waals surface area contributed by atoms with Gasteiger partial charge in [-0.15, -0.1) is 0 Å². The van der Waals surface area contributed by atoms with Gasteiger partial charge in [-0.1, -0.05) is 11.6 Å². The summed E-state index contributed by atoms with van der Waals surface area (Å²) in [6, 6.07) is 1.68. The number of nitrogens with zero attached hydrogens (tertiary/aromatic N) is 2. The average molecular weight is 230 g/mol. The van der Waals surface area contributed by atoms with Crippen LogP contribution in [-0.4, -0.2) is 35.0 Å². The third-order valence-corrected chi connectivity index (χ3v) is 2.72. The Morgan fingerprint density at radius 1 is 1.73 bits per heavy atom. The van der Waals surface area contributed by atoms with Crippen molar-refractivity contribution in [3.05, 3.63) is 23.0 Å². The molecule has 0 saturated heterocycles. The first-order chi connectivity index (χ1) is 6.97. The summed E-state index contributed by atoms with van der Waals surface area (Å²) in [7, 11) is 3.53. The maximum Gasteiger partial charge on any atom is 0.270 e. The normalized spacial score (nSPS) is 12.6. The topological polar surface area (TPSA) is 51.3 Å². The van der Waals surface area contributed by atoms with Crippen LogP contribution < -0.4 is 5.73 Å². The summed E-state index contributed by atoms with van der Waals surface area (Å²) in [5.74, 6) is -0.0673. The molecule has 1 atom stereocenters. The molecule has 1 amide bonds. The lowest BCUT2D eigenvalue weighted by Gasteiger charge is -2.23. The molecule has 0 aliphatic heterocycles. The predicted octanol–water partition coefficient (Wildman–Crippen LogP) is 1.10. The molecule has 1 rings (SSSR count). The molecule has 0 aliphatic rings. The van der Waals surface area contributed by atoms with E-state index in [1.54, 1.807) is 35.8 Å². The van der Waals surface area contributed by atoms with E-state index in [1.165, 1.54) is 0 Å². The zero-order valence-electron chi connectivity index (χ0n) is 9.20. The zero-order chi connectivity index (χ0) is 11.6. The van der Waals surface area contributed by atoms with Gasteiger partial charge in [-0.25, -0.2) is 0 Å². The molecule has 0 aliphatic carbocycles. The van der Waals surface area contributed by atoms with Crippen LogP contribution in [0.15, 0.2) is 12.3 Å². The van der Waals surface area contributed by atoms with Crippen molar-refractivity contribution in [3.8, 4) is 0 Å². The van der Waals surface area contributed by atoms with Gasteiger partial charge < -0.3 is 15.2 Å². The fraction of sp³-hybridized carbons (Fsp3) is 0.500. The van der Waals surface area contributed by atoms with Crippen LogP contribution in [0.2, 0.25) is 5.02 Å². The van der Waals surface area contributed by atoms with Gasteiger partial charge in [0, 0.05) is 32.9 Å². The van der Waals surface area contributed by atoms with Gasteiger partial charge in [-0.2, -0.15) is 0 Å². The standard InChI is InChI=1S/C10H16ClN3O/c1-7(5-12)14(3)10(15)9-4-8(11)6-13(9)2/h4,6-7H,5,12H2,1-3H3/t7-/m0/s1. The van der Waals surface area contributed by atoms with Gasteiger partial charge in [0.25, 0.3) is 5.91 Å². The Kier molecular flexibility index (Phi) is 3.77. The number of nitrogens with two attached hydrogens (primary N) is 1. The molecule has 0 aromatic carbocycles. The lowest BCUT2D eigenvalue weighted by Crippen LogP contribution is -2.40. The minimum Gasteiger partial charge on any atom is -0.345 e. The minimum atomic E-state index is -0.0673. The first-order valence-corrected chi connectivity index (χ1v) is 5.14. The van der Waals surface area contributed by atoms with Gasteiger partial charge in [0.1, 0.15) is 5.69 Å². The molecule has 15 heavy (non-hydrogen) atoms. The van der Waals surface area contributed by atoms with Gasteiger partial charge in [0.05, 0.1) is 5.02 Å². The number of carbonyl (C=O) groups excluding carboxylic acids is 1. The van der Waals surface area contributed by atoms with E-state index in [-0.39, 0.29) is 11.9 Å². The Labute approximate surface area is 94.6 Å². The molecule has 1 heterocycles. The third kappa shape index (κ3) is 2.52. The number of hydrogen-bond acceptors (Lipinski definition) is 2. The fourth-order valence-corrected chi connectivity index (χ4v) is 1.53. The van der Waals surface area contributed by atoms with E-state index >= 15 is 0 Å². The van der Waals surface area contributed by atoms with Gasteiger partial charge in [-0.05, 0) is 13.0 Å². The van der Waals surface area contributed by atoms with Crippen LogP contribution in [0.25, 0.3) is 0 Å². The van der Waals surface area contributed by atoms with Gasteiger partial charge in [-0.3, -0.25) is 4.79 Å². The number of rotatable bonds is 3. The number of amides is 1. The van der Waals surface area contributed by atoms with Crippen molar-refractivity contribution in [1.29, 1.82) is 0 Å². The highest BCUT2D eigenvalue weighted by Gasteiger charge is 2.19. The molecule has 0 unspecified atom stereocenters. The molecular formula is C10H16ClN3O. The molecule has 5 heteroatoms. The maximum absolute atomic E-state index is 12.0. The zero-order valence-corrected chi connectivity index (χ0v) is 9.95. The number of carbonyl (C=O) groups is 1. The van der Waals surface area contributed by atoms with E-state index in [9.17, 15) is 4.79 Å². The van der Waals surface area contributed by atoms with Crippen LogP contribution in [-0.2, 0) is 7.05 Å². The molecular weight excluding hydrogens is 214 g/mol. The van der Waals surface area contributed by atoms with E-state index in [1.807, 2.05) is 6.92 Å². The number of likely N-dealkylation sites (N-methyl/N-ethyl adjacent to an activating group) is 1. The van der Waals surface area contributed by atoms with Gasteiger partial charge in [0.15, 0.2) is 0 Å². The summed E-state index contributed by atoms with van der Waals surface area (Å²) in [6.07, 6.45) is 1.70. The first kappa shape index (κ1) is 12.1. The Morgan fingerprint density at radius 2 is 2.33 bits per heavy atom. The molecule has 0 radical (unpaired) electrons. The van der Waals surface area contributed by atoms with E-state index in [2.05, 4.69) is 0 Å². The summed E-state index contributed by atoms with van der Waals surface area (Å²) < 4.78 is 1.71. The number of aromatic nitrogens is 1. The van der Waals surface area contributed by atoms with E-state index < -0.39 is 0 Å². The van der Waals surface area contributed by atoms with Crippen molar-refractivity contribution >= 4 is 17.5 Å². The second kappa shape index (κ2) is 4.68. The van der Waals surface area contributed by atoms with Crippen LogP contribution in [0.1, 0.15) is 17.4 Å². The molecule has 0 fully saturated rings. The Balaban J connectivity index is 2.89. The molecule has 1 aromatic heterocycles. The summed E-state index contributed by atoms with van der Waals surface area (Å²) in [6.45, 7) is 2.35. The van der Waals surface area contributed by atoms with Crippen LogP contribution in [0.5, 0.6) is 0 Å². The third-order valence-electron chi connectivity index (χ3n) is 2.51. The Bertz CT molecular complexity index is 362. The van der Waals surface area contributed by atoms with Crippen molar-refractivity contribution in [2.45, 2.75) is 13.0 Å². The second-order valence-corrected chi connectivity index (χ2v) is 4.09. The molecule has 0 bridgehead atoms. The molecule has 0 saturated carbocycles. The van der Waals surface area contributed by atoms with Crippen LogP contribution in [0.4, 0.5) is 0 Å². The highest BCUT2D eigenvalue weighted by Crippen LogP contribution is 2.14. The predicted molar refractivity (Wildman–Crippen MR) is 61.0 cm³/mol. The SMILES string of the molecule is C[C@@H](CN)N(C)C(=O)c1cc(Cl)cn1C. The second-order valence-electron chi connectivity index (χ2n) is 3.66. The average Bonchev–Trinajstić information content (AvgIpc) is 2.54. The van der Waals surface area contributed by atoms with Crippen LogP contribution in [0, 0.1) is 0 Å². The largest absolute Gasteiger partial charge is 0.345 e. The van der Waals surface area contributed by atoms with Crippen molar-refractivity contribution in [3.63, 3.8) is 0 Å². The molecule has 4 nitrogen and oxygen atoms in total.